The quantitative estimate of drug-likeness (QED) is 0.622. The molecule has 0 amide bonds. The summed E-state index contributed by atoms with van der Waals surface area (Å²) < 4.78 is 5.66. The van der Waals surface area contributed by atoms with Gasteiger partial charge in [-0.05, 0) is 30.8 Å². The van der Waals surface area contributed by atoms with Crippen LogP contribution in [0.1, 0.15) is 31.2 Å². The largest absolute Gasteiger partial charge is 0.468 e. The molecule has 0 aliphatic rings. The molecule has 5 nitrogen and oxygen atoms in total. The Morgan fingerprint density at radius 2 is 1.92 bits per heavy atom. The fraction of sp³-hybridized carbons (Fsp3) is 0.350. The van der Waals surface area contributed by atoms with E-state index in [-0.39, 0.29) is 6.04 Å². The molecule has 0 saturated carbocycles. The Labute approximate surface area is 149 Å². The Kier molecular flexibility index (Phi) is 6.04. The zero-order chi connectivity index (χ0) is 17.5. The van der Waals surface area contributed by atoms with Crippen LogP contribution in [0.15, 0.2) is 59.3 Å². The molecule has 5 heteroatoms. The van der Waals surface area contributed by atoms with E-state index in [2.05, 4.69) is 52.5 Å². The number of rotatable bonds is 9. The highest BCUT2D eigenvalue weighted by molar-refractivity contribution is 5.62. The molecule has 1 aromatic carbocycles. The van der Waals surface area contributed by atoms with E-state index in [9.17, 15) is 0 Å². The Hall–Kier alpha value is -2.37. The molecule has 3 aromatic rings. The van der Waals surface area contributed by atoms with E-state index in [0.29, 0.717) is 0 Å². The van der Waals surface area contributed by atoms with E-state index in [1.165, 1.54) is 5.56 Å². The van der Waals surface area contributed by atoms with E-state index in [4.69, 9.17) is 4.42 Å². The lowest BCUT2D eigenvalue weighted by atomic mass is 10.1. The standard InChI is InChI=1S/C20H26N4O/c1-3-24(4-2)18(19-11-8-12-25-19)15-21-13-17-14-22-23-20(17)16-9-6-5-7-10-16/h5-12,14,18,21H,3-4,13,15H2,1-2H3,(H,22,23). The first-order valence-electron chi connectivity index (χ1n) is 8.89. The molecule has 2 aromatic heterocycles. The first-order chi connectivity index (χ1) is 12.3. The number of likely N-dealkylation sites (N-methyl/N-ethyl adjacent to an activating group) is 1. The van der Waals surface area contributed by atoms with Gasteiger partial charge in [0.1, 0.15) is 5.76 Å². The van der Waals surface area contributed by atoms with Crippen molar-refractivity contribution < 1.29 is 4.42 Å². The van der Waals surface area contributed by atoms with E-state index in [0.717, 1.165) is 43.2 Å². The summed E-state index contributed by atoms with van der Waals surface area (Å²) in [5, 5.41) is 10.9. The predicted octanol–water partition coefficient (Wildman–Crippen LogP) is 3.84. The molecule has 132 valence electrons. The van der Waals surface area contributed by atoms with Crippen LogP contribution in [0, 0.1) is 0 Å². The van der Waals surface area contributed by atoms with Gasteiger partial charge >= 0.3 is 0 Å². The molecule has 3 rings (SSSR count). The van der Waals surface area contributed by atoms with Crippen LogP contribution < -0.4 is 5.32 Å². The van der Waals surface area contributed by atoms with Crippen molar-refractivity contribution in [3.63, 3.8) is 0 Å². The highest BCUT2D eigenvalue weighted by Gasteiger charge is 2.20. The molecule has 2 heterocycles. The summed E-state index contributed by atoms with van der Waals surface area (Å²) >= 11 is 0. The third-order valence-electron chi connectivity index (χ3n) is 4.56. The highest BCUT2D eigenvalue weighted by atomic mass is 16.3. The van der Waals surface area contributed by atoms with Crippen LogP contribution >= 0.6 is 0 Å². The minimum absolute atomic E-state index is 0.233. The Bertz CT molecular complexity index is 732. The maximum atomic E-state index is 5.66. The van der Waals surface area contributed by atoms with Gasteiger partial charge in [-0.1, -0.05) is 44.2 Å². The second-order valence-corrected chi connectivity index (χ2v) is 6.02. The van der Waals surface area contributed by atoms with Crippen molar-refractivity contribution in [3.8, 4) is 11.3 Å². The summed E-state index contributed by atoms with van der Waals surface area (Å²) in [5.74, 6) is 1.01. The molecule has 1 atom stereocenters. The maximum absolute atomic E-state index is 5.66. The van der Waals surface area contributed by atoms with Crippen molar-refractivity contribution in [2.75, 3.05) is 19.6 Å². The first kappa shape index (κ1) is 17.5. The number of hydrogen-bond donors (Lipinski definition) is 2. The van der Waals surface area contributed by atoms with Gasteiger partial charge in [0.05, 0.1) is 24.2 Å². The minimum Gasteiger partial charge on any atom is -0.468 e. The first-order valence-corrected chi connectivity index (χ1v) is 8.89. The average Bonchev–Trinajstić information content (AvgIpc) is 3.34. The van der Waals surface area contributed by atoms with Gasteiger partial charge in [-0.25, -0.2) is 0 Å². The normalized spacial score (nSPS) is 12.6. The van der Waals surface area contributed by atoms with Crippen molar-refractivity contribution in [1.82, 2.24) is 20.4 Å². The molecule has 1 unspecified atom stereocenters. The van der Waals surface area contributed by atoms with E-state index in [1.807, 2.05) is 30.5 Å². The third kappa shape index (κ3) is 4.18. The van der Waals surface area contributed by atoms with Gasteiger partial charge in [-0.2, -0.15) is 5.10 Å². The summed E-state index contributed by atoms with van der Waals surface area (Å²) in [5.41, 5.74) is 3.40. The molecule has 0 bridgehead atoms. The third-order valence-corrected chi connectivity index (χ3v) is 4.56. The molecular formula is C20H26N4O. The lowest BCUT2D eigenvalue weighted by molar-refractivity contribution is 0.188. The summed E-state index contributed by atoms with van der Waals surface area (Å²) in [6, 6.07) is 14.5. The number of benzene rings is 1. The van der Waals surface area contributed by atoms with Crippen LogP contribution in [-0.2, 0) is 6.54 Å². The van der Waals surface area contributed by atoms with Crippen LogP contribution in [0.2, 0.25) is 0 Å². The zero-order valence-electron chi connectivity index (χ0n) is 14.9. The van der Waals surface area contributed by atoms with Crippen LogP contribution in [0.3, 0.4) is 0 Å². The maximum Gasteiger partial charge on any atom is 0.122 e. The number of nitrogens with one attached hydrogen (secondary N) is 2. The van der Waals surface area contributed by atoms with Crippen molar-refractivity contribution in [3.05, 3.63) is 66.2 Å². The monoisotopic (exact) mass is 338 g/mol. The summed E-state index contributed by atoms with van der Waals surface area (Å²) in [7, 11) is 0. The van der Waals surface area contributed by atoms with Gasteiger partial charge in [0.2, 0.25) is 0 Å². The zero-order valence-corrected chi connectivity index (χ0v) is 14.9. The molecular weight excluding hydrogens is 312 g/mol. The van der Waals surface area contributed by atoms with Crippen molar-refractivity contribution in [1.29, 1.82) is 0 Å². The van der Waals surface area contributed by atoms with Gasteiger partial charge < -0.3 is 9.73 Å². The number of nitrogens with zero attached hydrogens (tertiary/aromatic N) is 2. The van der Waals surface area contributed by atoms with Crippen LogP contribution in [0.25, 0.3) is 11.3 Å². The molecule has 0 fully saturated rings. The number of aromatic nitrogens is 2. The molecule has 0 aliphatic heterocycles. The lowest BCUT2D eigenvalue weighted by Crippen LogP contribution is -2.35. The van der Waals surface area contributed by atoms with Crippen LogP contribution in [-0.4, -0.2) is 34.7 Å². The van der Waals surface area contributed by atoms with Crippen molar-refractivity contribution in [2.24, 2.45) is 0 Å². The molecule has 0 radical (unpaired) electrons. The van der Waals surface area contributed by atoms with E-state index < -0.39 is 0 Å². The van der Waals surface area contributed by atoms with Gasteiger partial charge in [0, 0.05) is 18.7 Å². The molecule has 0 saturated heterocycles. The number of aromatic amines is 1. The highest BCUT2D eigenvalue weighted by Crippen LogP contribution is 2.22. The SMILES string of the molecule is CCN(CC)C(CNCc1cn[nH]c1-c1ccccc1)c1ccco1. The van der Waals surface area contributed by atoms with Crippen molar-refractivity contribution in [2.45, 2.75) is 26.4 Å². The number of hydrogen-bond acceptors (Lipinski definition) is 4. The van der Waals surface area contributed by atoms with E-state index >= 15 is 0 Å². The van der Waals surface area contributed by atoms with Crippen LogP contribution in [0.4, 0.5) is 0 Å². The van der Waals surface area contributed by atoms with Crippen molar-refractivity contribution >= 4 is 0 Å². The molecule has 25 heavy (non-hydrogen) atoms. The second-order valence-electron chi connectivity index (χ2n) is 6.02. The molecule has 0 aliphatic carbocycles. The van der Waals surface area contributed by atoms with Gasteiger partial charge in [0.25, 0.3) is 0 Å². The fourth-order valence-corrected chi connectivity index (χ4v) is 3.20. The topological polar surface area (TPSA) is 57.1 Å². The van der Waals surface area contributed by atoms with Gasteiger partial charge in [-0.15, -0.1) is 0 Å². The average molecular weight is 338 g/mol. The van der Waals surface area contributed by atoms with Gasteiger partial charge in [-0.3, -0.25) is 10.00 Å². The fourth-order valence-electron chi connectivity index (χ4n) is 3.20. The number of furan rings is 1. The minimum atomic E-state index is 0.233. The smallest absolute Gasteiger partial charge is 0.122 e. The van der Waals surface area contributed by atoms with Crippen LogP contribution in [0.5, 0.6) is 0 Å². The lowest BCUT2D eigenvalue weighted by Gasteiger charge is -2.28. The predicted molar refractivity (Wildman–Crippen MR) is 100 cm³/mol. The molecule has 2 N–H and O–H groups in total. The number of H-pyrrole nitrogens is 1. The summed E-state index contributed by atoms with van der Waals surface area (Å²) in [6.45, 7) is 7.94. The Morgan fingerprint density at radius 1 is 1.12 bits per heavy atom. The Balaban J connectivity index is 1.66. The Morgan fingerprint density at radius 3 is 2.60 bits per heavy atom. The molecule has 0 spiro atoms. The summed E-state index contributed by atoms with van der Waals surface area (Å²) in [4.78, 5) is 2.40. The van der Waals surface area contributed by atoms with E-state index in [1.54, 1.807) is 6.26 Å². The second kappa shape index (κ2) is 8.65. The summed E-state index contributed by atoms with van der Waals surface area (Å²) in [6.07, 6.45) is 3.64. The van der Waals surface area contributed by atoms with Gasteiger partial charge in [0.15, 0.2) is 0 Å².